The Kier molecular flexibility index (Phi) is 4.37. The van der Waals surface area contributed by atoms with Gasteiger partial charge < -0.3 is 5.32 Å². The number of rotatable bonds is 3. The van der Waals surface area contributed by atoms with Crippen molar-refractivity contribution in [2.24, 2.45) is 0 Å². The quantitative estimate of drug-likeness (QED) is 0.705. The predicted molar refractivity (Wildman–Crippen MR) is 93.2 cm³/mol. The van der Waals surface area contributed by atoms with Crippen LogP contribution in [0.5, 0.6) is 0 Å². The van der Waals surface area contributed by atoms with Crippen molar-refractivity contribution in [1.82, 2.24) is 10.2 Å². The molecule has 0 unspecified atom stereocenters. The van der Waals surface area contributed by atoms with Crippen LogP contribution in [0.3, 0.4) is 0 Å². The number of carbonyl (C=O) groups is 1. The van der Waals surface area contributed by atoms with Crippen LogP contribution in [-0.4, -0.2) is 16.1 Å². The SMILES string of the molecule is Cc1cc(Cl)ccc1NC(=O)c1cc(-c2ccc(Cl)cc2)n[nH]1. The standard InChI is InChI=1S/C17H13Cl2N3O/c1-10-8-13(19)6-7-14(10)20-17(23)16-9-15(21-22-16)11-2-4-12(18)5-3-11/h2-9H,1H3,(H,20,23)(H,21,22). The molecule has 0 aliphatic rings. The van der Waals surface area contributed by atoms with Crippen molar-refractivity contribution in [3.63, 3.8) is 0 Å². The van der Waals surface area contributed by atoms with E-state index in [9.17, 15) is 4.79 Å². The number of aromatic nitrogens is 2. The average molecular weight is 346 g/mol. The van der Waals surface area contributed by atoms with E-state index < -0.39 is 0 Å². The molecule has 0 aliphatic carbocycles. The van der Waals surface area contributed by atoms with Gasteiger partial charge in [-0.2, -0.15) is 5.10 Å². The lowest BCUT2D eigenvalue weighted by Crippen LogP contribution is -2.13. The Morgan fingerprint density at radius 3 is 2.43 bits per heavy atom. The maximum absolute atomic E-state index is 12.3. The highest BCUT2D eigenvalue weighted by atomic mass is 35.5. The first-order valence-corrected chi connectivity index (χ1v) is 7.67. The molecular weight excluding hydrogens is 333 g/mol. The molecule has 0 atom stereocenters. The van der Waals surface area contributed by atoms with Crippen LogP contribution in [0.4, 0.5) is 5.69 Å². The maximum atomic E-state index is 12.3. The number of nitrogens with zero attached hydrogens (tertiary/aromatic N) is 1. The van der Waals surface area contributed by atoms with E-state index in [0.29, 0.717) is 27.1 Å². The Morgan fingerprint density at radius 2 is 1.74 bits per heavy atom. The van der Waals surface area contributed by atoms with Crippen molar-refractivity contribution in [3.8, 4) is 11.3 Å². The summed E-state index contributed by atoms with van der Waals surface area (Å²) in [6.45, 7) is 1.88. The fourth-order valence-corrected chi connectivity index (χ4v) is 2.52. The lowest BCUT2D eigenvalue weighted by molar-refractivity contribution is 0.102. The molecule has 2 aromatic carbocycles. The molecule has 0 fully saturated rings. The number of nitrogens with one attached hydrogen (secondary N) is 2. The molecule has 3 rings (SSSR count). The van der Waals surface area contributed by atoms with Crippen molar-refractivity contribution >= 4 is 34.8 Å². The number of H-pyrrole nitrogens is 1. The summed E-state index contributed by atoms with van der Waals surface area (Å²) in [5, 5.41) is 11.0. The highest BCUT2D eigenvalue weighted by Crippen LogP contribution is 2.22. The number of carbonyl (C=O) groups excluding carboxylic acids is 1. The van der Waals surface area contributed by atoms with Gasteiger partial charge in [-0.25, -0.2) is 0 Å². The molecule has 116 valence electrons. The minimum Gasteiger partial charge on any atom is -0.320 e. The Labute approximate surface area is 143 Å². The third-order valence-corrected chi connectivity index (χ3v) is 3.89. The van der Waals surface area contributed by atoms with Crippen LogP contribution in [0.1, 0.15) is 16.1 Å². The summed E-state index contributed by atoms with van der Waals surface area (Å²) in [4.78, 5) is 12.3. The van der Waals surface area contributed by atoms with Gasteiger partial charge in [0.05, 0.1) is 5.69 Å². The summed E-state index contributed by atoms with van der Waals surface area (Å²) in [5.41, 5.74) is 3.54. The van der Waals surface area contributed by atoms with Gasteiger partial charge >= 0.3 is 0 Å². The van der Waals surface area contributed by atoms with Crippen LogP contribution in [0, 0.1) is 6.92 Å². The number of hydrogen-bond acceptors (Lipinski definition) is 2. The molecule has 3 aromatic rings. The van der Waals surface area contributed by atoms with Gasteiger partial charge in [0.25, 0.3) is 5.91 Å². The first-order chi connectivity index (χ1) is 11.0. The van der Waals surface area contributed by atoms with Crippen molar-refractivity contribution < 1.29 is 4.79 Å². The Hall–Kier alpha value is -2.30. The minimum absolute atomic E-state index is 0.261. The lowest BCUT2D eigenvalue weighted by Gasteiger charge is -2.07. The Balaban J connectivity index is 1.79. The van der Waals surface area contributed by atoms with Crippen LogP contribution in [0.2, 0.25) is 10.0 Å². The summed E-state index contributed by atoms with van der Waals surface area (Å²) in [6.07, 6.45) is 0. The first kappa shape index (κ1) is 15.6. The zero-order valence-corrected chi connectivity index (χ0v) is 13.7. The van der Waals surface area contributed by atoms with Crippen LogP contribution in [0.25, 0.3) is 11.3 Å². The smallest absolute Gasteiger partial charge is 0.273 e. The molecule has 23 heavy (non-hydrogen) atoms. The molecule has 0 spiro atoms. The molecule has 1 amide bonds. The third kappa shape index (κ3) is 3.55. The third-order valence-electron chi connectivity index (χ3n) is 3.40. The van der Waals surface area contributed by atoms with Gasteiger partial charge in [0, 0.05) is 21.3 Å². The molecule has 0 aliphatic heterocycles. The molecule has 0 saturated carbocycles. The summed E-state index contributed by atoms with van der Waals surface area (Å²) in [6, 6.07) is 14.3. The van der Waals surface area contributed by atoms with Gasteiger partial charge in [0.15, 0.2) is 0 Å². The molecule has 1 aromatic heterocycles. The molecule has 1 heterocycles. The van der Waals surface area contributed by atoms with Crippen molar-refractivity contribution in [3.05, 3.63) is 69.8 Å². The van der Waals surface area contributed by atoms with Gasteiger partial charge in [-0.05, 0) is 48.9 Å². The van der Waals surface area contributed by atoms with E-state index in [2.05, 4.69) is 15.5 Å². The highest BCUT2D eigenvalue weighted by molar-refractivity contribution is 6.31. The first-order valence-electron chi connectivity index (χ1n) is 6.92. The monoisotopic (exact) mass is 345 g/mol. The number of amides is 1. The molecule has 0 radical (unpaired) electrons. The molecule has 6 heteroatoms. The average Bonchev–Trinajstić information content (AvgIpc) is 3.01. The second-order valence-electron chi connectivity index (χ2n) is 5.09. The van der Waals surface area contributed by atoms with Gasteiger partial charge in [0.2, 0.25) is 0 Å². The zero-order valence-electron chi connectivity index (χ0n) is 12.2. The van der Waals surface area contributed by atoms with E-state index in [1.165, 1.54) is 0 Å². The fourth-order valence-electron chi connectivity index (χ4n) is 2.16. The van der Waals surface area contributed by atoms with E-state index in [1.807, 2.05) is 19.1 Å². The largest absolute Gasteiger partial charge is 0.320 e. The number of hydrogen-bond donors (Lipinski definition) is 2. The van der Waals surface area contributed by atoms with Crippen LogP contribution < -0.4 is 5.32 Å². The summed E-state index contributed by atoms with van der Waals surface area (Å²) in [7, 11) is 0. The van der Waals surface area contributed by atoms with Crippen molar-refractivity contribution in [2.75, 3.05) is 5.32 Å². The Morgan fingerprint density at radius 1 is 1.04 bits per heavy atom. The molecule has 0 saturated heterocycles. The van der Waals surface area contributed by atoms with E-state index in [1.54, 1.807) is 36.4 Å². The maximum Gasteiger partial charge on any atom is 0.273 e. The van der Waals surface area contributed by atoms with Crippen LogP contribution in [-0.2, 0) is 0 Å². The van der Waals surface area contributed by atoms with Gasteiger partial charge in [0.1, 0.15) is 5.69 Å². The predicted octanol–water partition coefficient (Wildman–Crippen LogP) is 4.94. The second-order valence-corrected chi connectivity index (χ2v) is 5.96. The van der Waals surface area contributed by atoms with E-state index in [-0.39, 0.29) is 5.91 Å². The molecule has 0 bridgehead atoms. The van der Waals surface area contributed by atoms with E-state index in [0.717, 1.165) is 11.1 Å². The van der Waals surface area contributed by atoms with Crippen LogP contribution >= 0.6 is 23.2 Å². The summed E-state index contributed by atoms with van der Waals surface area (Å²) in [5.74, 6) is -0.261. The molecule has 2 N–H and O–H groups in total. The van der Waals surface area contributed by atoms with Gasteiger partial charge in [-0.3, -0.25) is 9.89 Å². The number of anilines is 1. The second kappa shape index (κ2) is 6.44. The number of benzene rings is 2. The van der Waals surface area contributed by atoms with E-state index >= 15 is 0 Å². The van der Waals surface area contributed by atoms with Crippen molar-refractivity contribution in [2.45, 2.75) is 6.92 Å². The van der Waals surface area contributed by atoms with Gasteiger partial charge in [-0.15, -0.1) is 0 Å². The van der Waals surface area contributed by atoms with Crippen molar-refractivity contribution in [1.29, 1.82) is 0 Å². The fraction of sp³-hybridized carbons (Fsp3) is 0.0588. The lowest BCUT2D eigenvalue weighted by atomic mass is 10.1. The number of halogens is 2. The zero-order chi connectivity index (χ0) is 16.4. The van der Waals surface area contributed by atoms with Gasteiger partial charge in [-0.1, -0.05) is 35.3 Å². The Bertz CT molecular complexity index is 857. The summed E-state index contributed by atoms with van der Waals surface area (Å²) >= 11 is 11.8. The number of aromatic amines is 1. The highest BCUT2D eigenvalue weighted by Gasteiger charge is 2.12. The summed E-state index contributed by atoms with van der Waals surface area (Å²) < 4.78 is 0. The minimum atomic E-state index is -0.261. The molecular formula is C17H13Cl2N3O. The van der Waals surface area contributed by atoms with E-state index in [4.69, 9.17) is 23.2 Å². The normalized spacial score (nSPS) is 10.6. The molecule has 4 nitrogen and oxygen atoms in total. The number of aryl methyl sites for hydroxylation is 1. The topological polar surface area (TPSA) is 57.8 Å². The van der Waals surface area contributed by atoms with Crippen LogP contribution in [0.15, 0.2) is 48.5 Å².